The van der Waals surface area contributed by atoms with Crippen LogP contribution in [0.2, 0.25) is 0 Å². The Morgan fingerprint density at radius 3 is 1.56 bits per heavy atom. The molecule has 0 aliphatic carbocycles. The minimum Gasteiger partial charge on any atom is -0.493 e. The van der Waals surface area contributed by atoms with E-state index in [-0.39, 0.29) is 24.9 Å². The van der Waals surface area contributed by atoms with Crippen LogP contribution in [0.5, 0.6) is 23.0 Å². The molecular weight excluding hydrogens is 524 g/mol. The third kappa shape index (κ3) is 6.52. The standard InChI is InChI=1S/C33H34O8/c34-10-1-11-35-23-6-2-21-4-8-32(40-19-26-17-38-26)30(28(21)12-23)14-31-29-13-24(36-15-25-16-37-25)7-3-22(29)5-9-33(31)41-20-27-18-39-27/h2-9,12-13,25-27,34H,1,10-11,14-20H2/t25?,26?,27-/m0/s1. The summed E-state index contributed by atoms with van der Waals surface area (Å²) in [6, 6.07) is 20.6. The van der Waals surface area contributed by atoms with E-state index in [4.69, 9.17) is 33.2 Å². The zero-order chi connectivity index (χ0) is 27.6. The van der Waals surface area contributed by atoms with Crippen molar-refractivity contribution in [1.82, 2.24) is 0 Å². The summed E-state index contributed by atoms with van der Waals surface area (Å²) >= 11 is 0. The molecule has 3 aliphatic rings. The molecule has 8 nitrogen and oxygen atoms in total. The predicted molar refractivity (Wildman–Crippen MR) is 154 cm³/mol. The van der Waals surface area contributed by atoms with Crippen LogP contribution in [0.25, 0.3) is 21.5 Å². The van der Waals surface area contributed by atoms with Gasteiger partial charge in [-0.1, -0.05) is 24.3 Å². The lowest BCUT2D eigenvalue weighted by atomic mass is 9.93. The molecule has 0 bridgehead atoms. The molecule has 0 spiro atoms. The summed E-state index contributed by atoms with van der Waals surface area (Å²) in [5.74, 6) is 3.19. The van der Waals surface area contributed by atoms with Gasteiger partial charge in [-0.2, -0.15) is 0 Å². The zero-order valence-electron chi connectivity index (χ0n) is 22.9. The molecule has 8 heteroatoms. The van der Waals surface area contributed by atoms with Crippen LogP contribution in [0.1, 0.15) is 17.5 Å². The summed E-state index contributed by atoms with van der Waals surface area (Å²) in [6.07, 6.45) is 1.61. The number of hydrogen-bond acceptors (Lipinski definition) is 8. The first-order chi connectivity index (χ1) is 20.2. The van der Waals surface area contributed by atoms with Crippen molar-refractivity contribution in [3.8, 4) is 23.0 Å². The second kappa shape index (κ2) is 11.7. The lowest BCUT2D eigenvalue weighted by Crippen LogP contribution is -2.09. The fraction of sp³-hybridized carbons (Fsp3) is 0.394. The molecule has 3 fully saturated rings. The molecule has 3 saturated heterocycles. The van der Waals surface area contributed by atoms with E-state index in [0.717, 1.165) is 75.5 Å². The lowest BCUT2D eigenvalue weighted by Gasteiger charge is -2.19. The highest BCUT2D eigenvalue weighted by molar-refractivity contribution is 5.93. The van der Waals surface area contributed by atoms with Gasteiger partial charge in [-0.15, -0.1) is 0 Å². The molecular formula is C33H34O8. The van der Waals surface area contributed by atoms with Crippen molar-refractivity contribution in [2.24, 2.45) is 0 Å². The second-order valence-corrected chi connectivity index (χ2v) is 10.8. The van der Waals surface area contributed by atoms with Gasteiger partial charge in [0.25, 0.3) is 0 Å². The maximum atomic E-state index is 9.21. The van der Waals surface area contributed by atoms with Gasteiger partial charge in [-0.3, -0.25) is 0 Å². The first-order valence-electron chi connectivity index (χ1n) is 14.3. The Morgan fingerprint density at radius 2 is 1.07 bits per heavy atom. The quantitative estimate of drug-likeness (QED) is 0.166. The molecule has 0 saturated carbocycles. The highest BCUT2D eigenvalue weighted by atomic mass is 16.6. The lowest BCUT2D eigenvalue weighted by molar-refractivity contribution is 0.233. The largest absolute Gasteiger partial charge is 0.493 e. The third-order valence-corrected chi connectivity index (χ3v) is 7.54. The van der Waals surface area contributed by atoms with E-state index in [1.807, 2.05) is 24.3 Å². The maximum absolute atomic E-state index is 9.21. The van der Waals surface area contributed by atoms with Crippen LogP contribution in [0, 0.1) is 0 Å². The van der Waals surface area contributed by atoms with E-state index in [1.165, 1.54) is 0 Å². The van der Waals surface area contributed by atoms with Crippen molar-refractivity contribution < 1.29 is 38.3 Å². The summed E-state index contributed by atoms with van der Waals surface area (Å²) < 4.78 is 40.9. The molecule has 3 heterocycles. The molecule has 4 aromatic rings. The molecule has 0 aromatic heterocycles. The summed E-state index contributed by atoms with van der Waals surface area (Å²) in [5.41, 5.74) is 2.11. The summed E-state index contributed by atoms with van der Waals surface area (Å²) in [5, 5.41) is 13.5. The Labute approximate surface area is 238 Å². The van der Waals surface area contributed by atoms with Crippen LogP contribution >= 0.6 is 0 Å². The van der Waals surface area contributed by atoms with Crippen molar-refractivity contribution in [1.29, 1.82) is 0 Å². The van der Waals surface area contributed by atoms with Gasteiger partial charge < -0.3 is 38.3 Å². The number of benzene rings is 4. The van der Waals surface area contributed by atoms with Gasteiger partial charge in [0.1, 0.15) is 61.1 Å². The zero-order valence-corrected chi connectivity index (χ0v) is 22.9. The van der Waals surface area contributed by atoms with Gasteiger partial charge in [0.15, 0.2) is 0 Å². The third-order valence-electron chi connectivity index (χ3n) is 7.54. The van der Waals surface area contributed by atoms with E-state index < -0.39 is 0 Å². The Morgan fingerprint density at radius 1 is 0.610 bits per heavy atom. The van der Waals surface area contributed by atoms with E-state index in [2.05, 4.69) is 36.4 Å². The van der Waals surface area contributed by atoms with Crippen molar-refractivity contribution in [2.45, 2.75) is 31.2 Å². The van der Waals surface area contributed by atoms with E-state index in [9.17, 15) is 5.11 Å². The highest BCUT2D eigenvalue weighted by Gasteiger charge is 2.26. The SMILES string of the molecule is OCCCOc1ccc2ccc(OCC3CO3)c(Cc3c(OC[C@@H]4CO4)ccc4ccc(OCC5CO5)cc34)c2c1. The summed E-state index contributed by atoms with van der Waals surface area (Å²) in [4.78, 5) is 0. The van der Waals surface area contributed by atoms with E-state index in [1.54, 1.807) is 0 Å². The van der Waals surface area contributed by atoms with Crippen LogP contribution < -0.4 is 18.9 Å². The smallest absolute Gasteiger partial charge is 0.123 e. The number of aliphatic hydroxyl groups excluding tert-OH is 1. The molecule has 7 rings (SSSR count). The van der Waals surface area contributed by atoms with E-state index >= 15 is 0 Å². The Balaban J connectivity index is 1.30. The first-order valence-corrected chi connectivity index (χ1v) is 14.3. The Hall–Kier alpha value is -3.56. The van der Waals surface area contributed by atoms with Gasteiger partial charge in [0.2, 0.25) is 0 Å². The van der Waals surface area contributed by atoms with Gasteiger partial charge in [0, 0.05) is 30.6 Å². The van der Waals surface area contributed by atoms with Crippen LogP contribution in [0.4, 0.5) is 0 Å². The Kier molecular flexibility index (Phi) is 7.54. The molecule has 1 N–H and O–H groups in total. The minimum atomic E-state index is 0.0925. The number of epoxide rings is 3. The van der Waals surface area contributed by atoms with E-state index in [0.29, 0.717) is 39.3 Å². The first kappa shape index (κ1) is 26.3. The molecule has 41 heavy (non-hydrogen) atoms. The topological polar surface area (TPSA) is 94.7 Å². The van der Waals surface area contributed by atoms with Crippen molar-refractivity contribution in [3.05, 3.63) is 71.8 Å². The number of hydrogen-bond donors (Lipinski definition) is 1. The number of rotatable bonds is 15. The average molecular weight is 559 g/mol. The summed E-state index contributed by atoms with van der Waals surface area (Å²) in [7, 11) is 0. The van der Waals surface area contributed by atoms with Gasteiger partial charge in [0.05, 0.1) is 26.4 Å². The van der Waals surface area contributed by atoms with Crippen LogP contribution in [0.3, 0.4) is 0 Å². The van der Waals surface area contributed by atoms with Crippen molar-refractivity contribution in [3.63, 3.8) is 0 Å². The van der Waals surface area contributed by atoms with Crippen LogP contribution in [-0.4, -0.2) is 76.3 Å². The van der Waals surface area contributed by atoms with Crippen molar-refractivity contribution in [2.75, 3.05) is 52.9 Å². The van der Waals surface area contributed by atoms with Gasteiger partial charge in [-0.25, -0.2) is 0 Å². The molecule has 3 aliphatic heterocycles. The fourth-order valence-electron chi connectivity index (χ4n) is 4.98. The monoisotopic (exact) mass is 558 g/mol. The van der Waals surface area contributed by atoms with Gasteiger partial charge in [-0.05, 0) is 57.9 Å². The maximum Gasteiger partial charge on any atom is 0.123 e. The molecule has 214 valence electrons. The number of aliphatic hydroxyl groups is 1. The fourth-order valence-corrected chi connectivity index (χ4v) is 4.98. The summed E-state index contributed by atoms with van der Waals surface area (Å²) in [6.45, 7) is 4.31. The molecule has 4 aromatic carbocycles. The number of ether oxygens (including phenoxy) is 7. The molecule has 3 atom stereocenters. The average Bonchev–Trinajstić information content (AvgIpc) is 3.85. The van der Waals surface area contributed by atoms with Crippen LogP contribution in [0.15, 0.2) is 60.7 Å². The van der Waals surface area contributed by atoms with Crippen LogP contribution in [-0.2, 0) is 20.6 Å². The normalized spacial score (nSPS) is 20.7. The van der Waals surface area contributed by atoms with Crippen molar-refractivity contribution >= 4 is 21.5 Å². The van der Waals surface area contributed by atoms with Gasteiger partial charge >= 0.3 is 0 Å². The molecule has 2 unspecified atom stereocenters. The Bertz CT molecular complexity index is 1520. The highest BCUT2D eigenvalue weighted by Crippen LogP contribution is 2.39. The minimum absolute atomic E-state index is 0.0925. The molecule has 0 amide bonds. The predicted octanol–water partition coefficient (Wildman–Crippen LogP) is 4.68. The number of fused-ring (bicyclic) bond motifs is 2. The molecule has 0 radical (unpaired) electrons. The second-order valence-electron chi connectivity index (χ2n) is 10.8.